The smallest absolute Gasteiger partial charge is 0.335 e. The molecule has 1 saturated heterocycles. The molecule has 0 unspecified atom stereocenters. The second-order valence-corrected chi connectivity index (χ2v) is 11.2. The van der Waals surface area contributed by atoms with Crippen molar-refractivity contribution >= 4 is 40.6 Å². The first-order valence-corrected chi connectivity index (χ1v) is 14.6. The van der Waals surface area contributed by atoms with Crippen molar-refractivity contribution in [1.29, 1.82) is 0 Å². The molecule has 1 N–H and O–H groups in total. The summed E-state index contributed by atoms with van der Waals surface area (Å²) < 4.78 is 34.3. The number of halogens is 2. The normalized spacial score (nSPS) is 17.6. The minimum atomic E-state index is -1.19. The van der Waals surface area contributed by atoms with E-state index in [4.69, 9.17) is 25.8 Å². The molecule has 43 heavy (non-hydrogen) atoms. The number of imidazole rings is 1. The molecular weight excluding hydrogens is 577 g/mol. The fourth-order valence-electron chi connectivity index (χ4n) is 5.61. The van der Waals surface area contributed by atoms with Crippen LogP contribution >= 0.6 is 11.6 Å². The van der Waals surface area contributed by atoms with Crippen molar-refractivity contribution in [2.45, 2.75) is 38.6 Å². The van der Waals surface area contributed by atoms with E-state index in [0.29, 0.717) is 57.3 Å². The lowest BCUT2D eigenvalue weighted by Gasteiger charge is -2.31. The van der Waals surface area contributed by atoms with E-state index in [0.717, 1.165) is 52.2 Å². The van der Waals surface area contributed by atoms with Crippen LogP contribution in [-0.4, -0.2) is 64.4 Å². The van der Waals surface area contributed by atoms with E-state index in [1.165, 1.54) is 6.07 Å². The molecule has 7 rings (SSSR count). The summed E-state index contributed by atoms with van der Waals surface area (Å²) in [5.74, 6) is 0.307. The molecular formula is C31H29ClFN5O5. The summed E-state index contributed by atoms with van der Waals surface area (Å²) in [4.78, 5) is 18.2. The largest absolute Gasteiger partial charge is 0.492 e. The predicted octanol–water partition coefficient (Wildman–Crippen LogP) is 5.10. The SMILES string of the molecule is O=C(O)c1cc(F)c2nc(CN3CCN(c4cccc(OCc5ccc(Cl)c6c5OCC6)c4)C=N3)n(C[C@@H]3CCO3)c2c1. The van der Waals surface area contributed by atoms with Gasteiger partial charge in [0.1, 0.15) is 35.8 Å². The van der Waals surface area contributed by atoms with E-state index >= 15 is 0 Å². The Morgan fingerprint density at radius 3 is 2.81 bits per heavy atom. The van der Waals surface area contributed by atoms with Gasteiger partial charge in [-0.15, -0.1) is 0 Å². The molecule has 0 saturated carbocycles. The van der Waals surface area contributed by atoms with Gasteiger partial charge in [-0.1, -0.05) is 23.7 Å². The Labute approximate surface area is 251 Å². The van der Waals surface area contributed by atoms with E-state index in [1.807, 2.05) is 50.9 Å². The number of carboxylic acid groups (broad SMARTS) is 1. The van der Waals surface area contributed by atoms with E-state index in [9.17, 15) is 14.3 Å². The van der Waals surface area contributed by atoms with Crippen LogP contribution in [0.2, 0.25) is 5.02 Å². The molecule has 1 aromatic heterocycles. The molecule has 0 bridgehead atoms. The van der Waals surface area contributed by atoms with Gasteiger partial charge in [-0.25, -0.2) is 14.2 Å². The number of rotatable bonds is 9. The average molecular weight is 606 g/mol. The minimum Gasteiger partial charge on any atom is -0.492 e. The number of hydrogen-bond acceptors (Lipinski definition) is 8. The average Bonchev–Trinajstić information content (AvgIpc) is 3.61. The molecule has 0 amide bonds. The maximum Gasteiger partial charge on any atom is 0.335 e. The zero-order valence-corrected chi connectivity index (χ0v) is 24.0. The molecule has 3 aliphatic heterocycles. The highest BCUT2D eigenvalue weighted by Crippen LogP contribution is 2.36. The van der Waals surface area contributed by atoms with Gasteiger partial charge in [0.2, 0.25) is 0 Å². The van der Waals surface area contributed by atoms with Gasteiger partial charge in [-0.3, -0.25) is 5.01 Å². The Kier molecular flexibility index (Phi) is 7.28. The van der Waals surface area contributed by atoms with Crippen LogP contribution in [-0.2, 0) is 30.9 Å². The molecule has 4 aromatic rings. The third kappa shape index (κ3) is 5.46. The lowest BCUT2D eigenvalue weighted by atomic mass is 10.1. The highest BCUT2D eigenvalue weighted by molar-refractivity contribution is 6.31. The Balaban J connectivity index is 1.06. The Hall–Kier alpha value is -4.35. The summed E-state index contributed by atoms with van der Waals surface area (Å²) in [6, 6.07) is 14.1. The number of aromatic carboxylic acids is 1. The highest BCUT2D eigenvalue weighted by Gasteiger charge is 2.25. The molecule has 222 valence electrons. The third-order valence-corrected chi connectivity index (χ3v) is 8.37. The summed E-state index contributed by atoms with van der Waals surface area (Å²) in [5.41, 5.74) is 3.41. The van der Waals surface area contributed by atoms with E-state index < -0.39 is 11.8 Å². The summed E-state index contributed by atoms with van der Waals surface area (Å²) in [7, 11) is 0. The molecule has 1 fully saturated rings. The molecule has 12 heteroatoms. The quantitative estimate of drug-likeness (QED) is 0.281. The number of ether oxygens (including phenoxy) is 3. The van der Waals surface area contributed by atoms with Crippen molar-refractivity contribution < 1.29 is 28.5 Å². The van der Waals surface area contributed by atoms with Gasteiger partial charge in [0.25, 0.3) is 0 Å². The Morgan fingerprint density at radius 2 is 2.05 bits per heavy atom. The van der Waals surface area contributed by atoms with Gasteiger partial charge >= 0.3 is 5.97 Å². The highest BCUT2D eigenvalue weighted by atomic mass is 35.5. The molecule has 3 aliphatic rings. The number of anilines is 1. The topological polar surface area (TPSA) is 102 Å². The van der Waals surface area contributed by atoms with Crippen LogP contribution in [0.3, 0.4) is 0 Å². The van der Waals surface area contributed by atoms with Gasteiger partial charge in [0.15, 0.2) is 5.82 Å². The van der Waals surface area contributed by atoms with Crippen LogP contribution in [0.25, 0.3) is 11.0 Å². The molecule has 1 atom stereocenters. The van der Waals surface area contributed by atoms with E-state index in [2.05, 4.69) is 10.1 Å². The van der Waals surface area contributed by atoms with Crippen LogP contribution in [0.1, 0.15) is 33.7 Å². The van der Waals surface area contributed by atoms with Gasteiger partial charge in [-0.05, 0) is 36.8 Å². The Morgan fingerprint density at radius 1 is 1.16 bits per heavy atom. The molecule has 0 radical (unpaired) electrons. The lowest BCUT2D eigenvalue weighted by molar-refractivity contribution is -0.0592. The number of fused-ring (bicyclic) bond motifs is 2. The van der Waals surface area contributed by atoms with Crippen LogP contribution in [0.4, 0.5) is 10.1 Å². The van der Waals surface area contributed by atoms with Crippen molar-refractivity contribution in [1.82, 2.24) is 14.6 Å². The number of aromatic nitrogens is 2. The number of benzene rings is 3. The van der Waals surface area contributed by atoms with Gasteiger partial charge in [-0.2, -0.15) is 5.10 Å². The molecule has 0 spiro atoms. The lowest BCUT2D eigenvalue weighted by Crippen LogP contribution is -2.38. The maximum absolute atomic E-state index is 14.9. The van der Waals surface area contributed by atoms with Crippen molar-refractivity contribution in [3.8, 4) is 11.5 Å². The van der Waals surface area contributed by atoms with Crippen molar-refractivity contribution in [3.05, 3.63) is 81.9 Å². The summed E-state index contributed by atoms with van der Waals surface area (Å²) in [6.07, 6.45) is 3.43. The van der Waals surface area contributed by atoms with Crippen LogP contribution in [0.15, 0.2) is 53.6 Å². The molecule has 3 aromatic carbocycles. The summed E-state index contributed by atoms with van der Waals surface area (Å²) in [6.45, 7) is 3.74. The first-order valence-electron chi connectivity index (χ1n) is 14.2. The minimum absolute atomic E-state index is 0.0179. The fraction of sp³-hybridized carbons (Fsp3) is 0.323. The number of hydrazone groups is 1. The van der Waals surface area contributed by atoms with Crippen LogP contribution in [0, 0.1) is 5.82 Å². The molecule has 4 heterocycles. The monoisotopic (exact) mass is 605 g/mol. The maximum atomic E-state index is 14.9. The predicted molar refractivity (Wildman–Crippen MR) is 159 cm³/mol. The van der Waals surface area contributed by atoms with Crippen molar-refractivity contribution in [3.63, 3.8) is 0 Å². The number of nitrogens with zero attached hydrogens (tertiary/aromatic N) is 5. The van der Waals surface area contributed by atoms with E-state index in [1.54, 1.807) is 6.34 Å². The fourth-order valence-corrected chi connectivity index (χ4v) is 5.85. The summed E-state index contributed by atoms with van der Waals surface area (Å²) >= 11 is 6.31. The van der Waals surface area contributed by atoms with E-state index in [-0.39, 0.29) is 17.2 Å². The second kappa shape index (κ2) is 11.4. The van der Waals surface area contributed by atoms with Gasteiger partial charge < -0.3 is 28.8 Å². The van der Waals surface area contributed by atoms with Crippen molar-refractivity contribution in [2.24, 2.45) is 5.10 Å². The third-order valence-electron chi connectivity index (χ3n) is 8.02. The first kappa shape index (κ1) is 27.5. The number of carboxylic acids is 1. The summed E-state index contributed by atoms with van der Waals surface area (Å²) in [5, 5.41) is 16.7. The zero-order chi connectivity index (χ0) is 29.5. The molecule has 10 nitrogen and oxygen atoms in total. The standard InChI is InChI=1S/C31H29ClFN5O5/c32-25-5-4-19(30-24(25)7-11-42-30)17-43-22-3-1-2-21(14-22)36-8-9-37(34-18-36)16-28-35-29-26(33)12-20(31(39)40)13-27(29)38(28)15-23-6-10-41-23/h1-5,12-14,18,23H,6-11,15-17H2,(H,39,40)/t23-/m0/s1. The van der Waals surface area contributed by atoms with Crippen LogP contribution in [0.5, 0.6) is 11.5 Å². The first-order chi connectivity index (χ1) is 20.9. The zero-order valence-electron chi connectivity index (χ0n) is 23.2. The Bertz CT molecular complexity index is 1740. The van der Waals surface area contributed by atoms with Crippen LogP contribution < -0.4 is 14.4 Å². The second-order valence-electron chi connectivity index (χ2n) is 10.8. The number of hydrogen-bond donors (Lipinski definition) is 1. The number of carbonyl (C=O) groups is 1. The van der Waals surface area contributed by atoms with Crippen molar-refractivity contribution in [2.75, 3.05) is 31.2 Å². The molecule has 0 aliphatic carbocycles. The van der Waals surface area contributed by atoms with Gasteiger partial charge in [0, 0.05) is 47.5 Å². The van der Waals surface area contributed by atoms with Gasteiger partial charge in [0.05, 0.1) is 43.4 Å².